The first-order chi connectivity index (χ1) is 4.86. The van der Waals surface area contributed by atoms with Crippen molar-refractivity contribution in [3.63, 3.8) is 0 Å². The number of methoxy groups -OCH3 is 2. The molecule has 0 N–H and O–H groups in total. The zero-order valence-corrected chi connectivity index (χ0v) is 6.26. The van der Waals surface area contributed by atoms with Crippen LogP contribution in [0.15, 0.2) is 23.7 Å². The lowest BCUT2D eigenvalue weighted by molar-refractivity contribution is 0.264. The van der Waals surface area contributed by atoms with Crippen molar-refractivity contribution in [2.45, 2.75) is 6.42 Å². The van der Waals surface area contributed by atoms with E-state index < -0.39 is 0 Å². The van der Waals surface area contributed by atoms with Gasteiger partial charge in [0.2, 0.25) is 0 Å². The van der Waals surface area contributed by atoms with Crippen LogP contribution in [0, 0.1) is 6.42 Å². The normalized spacial score (nSPS) is 17.4. The third-order valence-electron chi connectivity index (χ3n) is 1.40. The lowest BCUT2D eigenvalue weighted by Crippen LogP contribution is -1.95. The van der Waals surface area contributed by atoms with E-state index in [1.54, 1.807) is 14.2 Å². The first-order valence-electron chi connectivity index (χ1n) is 3.19. The number of allylic oxidation sites excluding steroid dienone is 3. The Hall–Kier alpha value is -0.920. The summed E-state index contributed by atoms with van der Waals surface area (Å²) >= 11 is 0. The van der Waals surface area contributed by atoms with E-state index >= 15 is 0 Å². The predicted octanol–water partition coefficient (Wildman–Crippen LogP) is 1.65. The smallest absolute Gasteiger partial charge is 0.118 e. The number of ether oxygens (including phenoxy) is 2. The quantitative estimate of drug-likeness (QED) is 0.579. The lowest BCUT2D eigenvalue weighted by Gasteiger charge is -2.10. The van der Waals surface area contributed by atoms with Crippen molar-refractivity contribution < 1.29 is 9.47 Å². The van der Waals surface area contributed by atoms with Crippen LogP contribution in [0.2, 0.25) is 0 Å². The molecule has 55 valence electrons. The van der Waals surface area contributed by atoms with Crippen LogP contribution in [0.25, 0.3) is 0 Å². The summed E-state index contributed by atoms with van der Waals surface area (Å²) in [6.45, 7) is 0. The fraction of sp³-hybridized carbons (Fsp3) is 0.375. The highest BCUT2D eigenvalue weighted by Crippen LogP contribution is 2.16. The maximum atomic E-state index is 5.03. The van der Waals surface area contributed by atoms with Crippen molar-refractivity contribution in [2.75, 3.05) is 14.2 Å². The summed E-state index contributed by atoms with van der Waals surface area (Å²) in [6, 6.07) is 0. The van der Waals surface area contributed by atoms with Crippen molar-refractivity contribution in [3.05, 3.63) is 30.1 Å². The molecule has 0 fully saturated rings. The second-order valence-corrected chi connectivity index (χ2v) is 2.03. The minimum atomic E-state index is 0.850. The minimum Gasteiger partial charge on any atom is -0.501 e. The molecule has 10 heavy (non-hydrogen) atoms. The lowest BCUT2D eigenvalue weighted by atomic mass is 10.1. The van der Waals surface area contributed by atoms with Crippen LogP contribution in [0.3, 0.4) is 0 Å². The van der Waals surface area contributed by atoms with Crippen molar-refractivity contribution in [2.24, 2.45) is 0 Å². The van der Waals surface area contributed by atoms with Gasteiger partial charge in [0.1, 0.15) is 5.76 Å². The summed E-state index contributed by atoms with van der Waals surface area (Å²) in [5, 5.41) is 0. The molecule has 0 heterocycles. The highest BCUT2D eigenvalue weighted by molar-refractivity contribution is 5.25. The maximum absolute atomic E-state index is 5.03. The molecule has 0 spiro atoms. The third-order valence-corrected chi connectivity index (χ3v) is 1.40. The van der Waals surface area contributed by atoms with Crippen LogP contribution in [0.4, 0.5) is 0 Å². The molecule has 0 aliphatic heterocycles. The fourth-order valence-electron chi connectivity index (χ4n) is 0.826. The van der Waals surface area contributed by atoms with Gasteiger partial charge in [-0.05, 0) is 12.5 Å². The number of rotatable bonds is 2. The van der Waals surface area contributed by atoms with E-state index in [9.17, 15) is 0 Å². The standard InChI is InChI=1S/C8H11O2/c1-9-7-4-3-5-8(6-7)10-2/h3-4,6H,5H2,1-2H3. The summed E-state index contributed by atoms with van der Waals surface area (Å²) in [5.74, 6) is 1.79. The second-order valence-electron chi connectivity index (χ2n) is 2.03. The van der Waals surface area contributed by atoms with Gasteiger partial charge in [-0.2, -0.15) is 0 Å². The van der Waals surface area contributed by atoms with Crippen molar-refractivity contribution >= 4 is 0 Å². The van der Waals surface area contributed by atoms with Gasteiger partial charge < -0.3 is 9.47 Å². The van der Waals surface area contributed by atoms with Crippen LogP contribution in [0.5, 0.6) is 0 Å². The fourth-order valence-corrected chi connectivity index (χ4v) is 0.826. The molecular formula is C8H11O2. The molecule has 2 nitrogen and oxygen atoms in total. The van der Waals surface area contributed by atoms with Crippen LogP contribution in [-0.2, 0) is 9.47 Å². The van der Waals surface area contributed by atoms with Gasteiger partial charge in [-0.15, -0.1) is 0 Å². The number of hydrogen-bond acceptors (Lipinski definition) is 2. The first kappa shape index (κ1) is 7.19. The van der Waals surface area contributed by atoms with Crippen molar-refractivity contribution in [1.82, 2.24) is 0 Å². The average molecular weight is 139 g/mol. The monoisotopic (exact) mass is 139 g/mol. The maximum Gasteiger partial charge on any atom is 0.118 e. The van der Waals surface area contributed by atoms with E-state index in [0.717, 1.165) is 17.9 Å². The van der Waals surface area contributed by atoms with Gasteiger partial charge in [0.05, 0.1) is 20.0 Å². The van der Waals surface area contributed by atoms with Crippen LogP contribution >= 0.6 is 0 Å². The van der Waals surface area contributed by atoms with E-state index in [1.807, 2.05) is 18.6 Å². The van der Waals surface area contributed by atoms with Gasteiger partial charge >= 0.3 is 0 Å². The van der Waals surface area contributed by atoms with Crippen molar-refractivity contribution in [1.29, 1.82) is 0 Å². The molecular weight excluding hydrogens is 128 g/mol. The van der Waals surface area contributed by atoms with Gasteiger partial charge in [-0.25, -0.2) is 0 Å². The van der Waals surface area contributed by atoms with Gasteiger partial charge in [-0.3, -0.25) is 0 Å². The van der Waals surface area contributed by atoms with E-state index in [1.165, 1.54) is 0 Å². The molecule has 1 radical (unpaired) electrons. The van der Waals surface area contributed by atoms with Gasteiger partial charge in [-0.1, -0.05) is 0 Å². The highest BCUT2D eigenvalue weighted by atomic mass is 16.5. The molecule has 0 aromatic rings. The van der Waals surface area contributed by atoms with E-state index in [4.69, 9.17) is 9.47 Å². The average Bonchev–Trinajstić information content (AvgIpc) is 2.05. The summed E-state index contributed by atoms with van der Waals surface area (Å²) < 4.78 is 10.0. The molecule has 0 aromatic carbocycles. The molecule has 0 bridgehead atoms. The Kier molecular flexibility index (Phi) is 2.37. The van der Waals surface area contributed by atoms with E-state index in [-0.39, 0.29) is 0 Å². The van der Waals surface area contributed by atoms with E-state index in [0.29, 0.717) is 0 Å². The van der Waals surface area contributed by atoms with Gasteiger partial charge in [0.25, 0.3) is 0 Å². The largest absolute Gasteiger partial charge is 0.501 e. The Morgan fingerprint density at radius 3 is 2.70 bits per heavy atom. The third kappa shape index (κ3) is 1.53. The Morgan fingerprint density at radius 1 is 1.30 bits per heavy atom. The summed E-state index contributed by atoms with van der Waals surface area (Å²) in [4.78, 5) is 0. The zero-order chi connectivity index (χ0) is 7.40. The Morgan fingerprint density at radius 2 is 2.10 bits per heavy atom. The molecule has 0 saturated carbocycles. The zero-order valence-electron chi connectivity index (χ0n) is 6.26. The van der Waals surface area contributed by atoms with Crippen molar-refractivity contribution in [3.8, 4) is 0 Å². The predicted molar refractivity (Wildman–Crippen MR) is 39.1 cm³/mol. The second kappa shape index (κ2) is 3.30. The molecule has 0 amide bonds. The number of hydrogen-bond donors (Lipinski definition) is 0. The molecule has 0 aromatic heterocycles. The van der Waals surface area contributed by atoms with Gasteiger partial charge in [0, 0.05) is 12.5 Å². The van der Waals surface area contributed by atoms with Crippen LogP contribution < -0.4 is 0 Å². The SMILES string of the molecule is COC1=C[CH]CC(OC)=C1. The summed E-state index contributed by atoms with van der Waals surface area (Å²) in [6.07, 6.45) is 6.70. The summed E-state index contributed by atoms with van der Waals surface area (Å²) in [7, 11) is 3.31. The van der Waals surface area contributed by atoms with Crippen LogP contribution in [-0.4, -0.2) is 14.2 Å². The molecule has 1 aliphatic carbocycles. The van der Waals surface area contributed by atoms with Crippen LogP contribution in [0.1, 0.15) is 6.42 Å². The molecule has 2 heteroatoms. The molecule has 1 rings (SSSR count). The molecule has 0 unspecified atom stereocenters. The Balaban J connectivity index is 2.61. The molecule has 0 atom stereocenters. The Labute approximate surface area is 61.1 Å². The summed E-state index contributed by atoms with van der Waals surface area (Å²) in [5.41, 5.74) is 0. The van der Waals surface area contributed by atoms with E-state index in [2.05, 4.69) is 0 Å². The first-order valence-corrected chi connectivity index (χ1v) is 3.19. The molecule has 1 aliphatic rings. The van der Waals surface area contributed by atoms with Gasteiger partial charge in [0.15, 0.2) is 0 Å². The molecule has 0 saturated heterocycles. The highest BCUT2D eigenvalue weighted by Gasteiger charge is 2.04. The minimum absolute atomic E-state index is 0.850. The topological polar surface area (TPSA) is 18.5 Å². The Bertz CT molecular complexity index is 168.